The highest BCUT2D eigenvalue weighted by Crippen LogP contribution is 2.24. The minimum absolute atomic E-state index is 0.253. The first-order valence-electron chi connectivity index (χ1n) is 7.22. The van der Waals surface area contributed by atoms with E-state index in [0.717, 1.165) is 5.57 Å². The Kier molecular flexibility index (Phi) is 4.58. The van der Waals surface area contributed by atoms with E-state index < -0.39 is 11.6 Å². The van der Waals surface area contributed by atoms with Crippen LogP contribution in [-0.4, -0.2) is 47.7 Å². The second kappa shape index (κ2) is 6.28. The summed E-state index contributed by atoms with van der Waals surface area (Å²) in [7, 11) is 1.29. The lowest BCUT2D eigenvalue weighted by Crippen LogP contribution is -2.35. The fourth-order valence-corrected chi connectivity index (χ4v) is 2.13. The summed E-state index contributed by atoms with van der Waals surface area (Å²) < 4.78 is 10.0. The number of aromatic nitrogens is 1. The second-order valence-corrected chi connectivity index (χ2v) is 6.24. The number of hydrogen-bond donors (Lipinski definition) is 1. The van der Waals surface area contributed by atoms with E-state index in [0.29, 0.717) is 18.8 Å². The third kappa shape index (κ3) is 4.00. The number of carbonyl (C=O) groups is 2. The SMILES string of the molecule is COC(=O)c1cc(C2=CCN(C(=O)OC(C)(C)C)C2)ncc1N. The number of carbonyl (C=O) groups excluding carboxylic acids is 2. The Morgan fingerprint density at radius 1 is 1.35 bits per heavy atom. The van der Waals surface area contributed by atoms with Gasteiger partial charge in [-0.15, -0.1) is 0 Å². The first-order valence-corrected chi connectivity index (χ1v) is 7.22. The van der Waals surface area contributed by atoms with E-state index in [9.17, 15) is 9.59 Å². The van der Waals surface area contributed by atoms with Gasteiger partial charge in [0, 0.05) is 6.54 Å². The minimum Gasteiger partial charge on any atom is -0.465 e. The van der Waals surface area contributed by atoms with Crippen molar-refractivity contribution >= 4 is 23.3 Å². The van der Waals surface area contributed by atoms with Crippen molar-refractivity contribution in [1.82, 2.24) is 9.88 Å². The molecule has 0 aliphatic carbocycles. The van der Waals surface area contributed by atoms with Crippen molar-refractivity contribution in [2.45, 2.75) is 26.4 Å². The molecule has 0 fully saturated rings. The highest BCUT2D eigenvalue weighted by Gasteiger charge is 2.26. The minimum atomic E-state index is -0.544. The molecule has 0 saturated heterocycles. The Balaban J connectivity index is 2.13. The molecule has 1 aromatic rings. The number of ether oxygens (including phenoxy) is 2. The number of amides is 1. The van der Waals surface area contributed by atoms with Gasteiger partial charge in [0.25, 0.3) is 0 Å². The molecule has 0 bridgehead atoms. The smallest absolute Gasteiger partial charge is 0.410 e. The fraction of sp³-hybridized carbons (Fsp3) is 0.438. The molecule has 0 aromatic carbocycles. The molecule has 7 nitrogen and oxygen atoms in total. The van der Waals surface area contributed by atoms with Gasteiger partial charge >= 0.3 is 12.1 Å². The van der Waals surface area contributed by atoms with Gasteiger partial charge in [-0.25, -0.2) is 9.59 Å². The van der Waals surface area contributed by atoms with Crippen LogP contribution >= 0.6 is 0 Å². The second-order valence-electron chi connectivity index (χ2n) is 6.24. The normalized spacial score (nSPS) is 14.4. The monoisotopic (exact) mass is 319 g/mol. The third-order valence-electron chi connectivity index (χ3n) is 3.24. The Bertz CT molecular complexity index is 662. The van der Waals surface area contributed by atoms with Crippen LogP contribution in [0.25, 0.3) is 5.57 Å². The summed E-state index contributed by atoms with van der Waals surface area (Å²) in [5.74, 6) is -0.520. The van der Waals surface area contributed by atoms with Gasteiger partial charge in [0.1, 0.15) is 5.60 Å². The third-order valence-corrected chi connectivity index (χ3v) is 3.24. The van der Waals surface area contributed by atoms with Crippen molar-refractivity contribution in [2.75, 3.05) is 25.9 Å². The molecule has 1 aliphatic rings. The maximum Gasteiger partial charge on any atom is 0.410 e. The number of pyridine rings is 1. The predicted octanol–water partition coefficient (Wildman–Crippen LogP) is 2.08. The van der Waals surface area contributed by atoms with Gasteiger partial charge in [0.05, 0.1) is 36.8 Å². The van der Waals surface area contributed by atoms with Crippen LogP contribution in [0.15, 0.2) is 18.3 Å². The molecule has 23 heavy (non-hydrogen) atoms. The Labute approximate surface area is 135 Å². The molecule has 1 amide bonds. The van der Waals surface area contributed by atoms with Gasteiger partial charge < -0.3 is 20.1 Å². The van der Waals surface area contributed by atoms with Crippen molar-refractivity contribution in [3.8, 4) is 0 Å². The Morgan fingerprint density at radius 2 is 2.04 bits per heavy atom. The lowest BCUT2D eigenvalue weighted by Gasteiger charge is -2.24. The first-order chi connectivity index (χ1) is 10.7. The summed E-state index contributed by atoms with van der Waals surface area (Å²) in [5.41, 5.74) is 7.13. The van der Waals surface area contributed by atoms with Crippen LogP contribution in [0.4, 0.5) is 10.5 Å². The Morgan fingerprint density at radius 3 is 2.65 bits per heavy atom. The largest absolute Gasteiger partial charge is 0.465 e. The summed E-state index contributed by atoms with van der Waals surface area (Å²) in [4.78, 5) is 29.6. The number of anilines is 1. The van der Waals surface area contributed by atoms with Crippen LogP contribution in [-0.2, 0) is 9.47 Å². The van der Waals surface area contributed by atoms with Gasteiger partial charge in [-0.2, -0.15) is 0 Å². The zero-order valence-electron chi connectivity index (χ0n) is 13.8. The summed E-state index contributed by atoms with van der Waals surface area (Å²) >= 11 is 0. The van der Waals surface area contributed by atoms with E-state index in [1.807, 2.05) is 26.8 Å². The van der Waals surface area contributed by atoms with Crippen LogP contribution < -0.4 is 5.73 Å². The lowest BCUT2D eigenvalue weighted by molar-refractivity contribution is 0.0306. The molecular formula is C16H21N3O4. The summed E-state index contributed by atoms with van der Waals surface area (Å²) in [5, 5.41) is 0. The maximum absolute atomic E-state index is 12.1. The molecule has 2 rings (SSSR count). The zero-order valence-corrected chi connectivity index (χ0v) is 13.8. The number of nitrogens with zero attached hydrogens (tertiary/aromatic N) is 2. The van der Waals surface area contributed by atoms with Gasteiger partial charge in [-0.05, 0) is 32.4 Å². The molecule has 1 aliphatic heterocycles. The number of nitrogen functional groups attached to an aromatic ring is 1. The van der Waals surface area contributed by atoms with E-state index in [-0.39, 0.29) is 17.3 Å². The highest BCUT2D eigenvalue weighted by molar-refractivity contribution is 5.95. The maximum atomic E-state index is 12.1. The topological polar surface area (TPSA) is 94.8 Å². The van der Waals surface area contributed by atoms with E-state index >= 15 is 0 Å². The number of rotatable bonds is 2. The quantitative estimate of drug-likeness (QED) is 0.839. The van der Waals surface area contributed by atoms with Crippen molar-refractivity contribution in [3.63, 3.8) is 0 Å². The van der Waals surface area contributed by atoms with Crippen LogP contribution in [0.3, 0.4) is 0 Å². The van der Waals surface area contributed by atoms with Crippen molar-refractivity contribution < 1.29 is 19.1 Å². The fourth-order valence-electron chi connectivity index (χ4n) is 2.13. The van der Waals surface area contributed by atoms with Crippen LogP contribution in [0.5, 0.6) is 0 Å². The first kappa shape index (κ1) is 16.8. The zero-order chi connectivity index (χ0) is 17.2. The molecule has 0 radical (unpaired) electrons. The highest BCUT2D eigenvalue weighted by atomic mass is 16.6. The van der Waals surface area contributed by atoms with E-state index in [1.165, 1.54) is 13.3 Å². The van der Waals surface area contributed by atoms with Gasteiger partial charge in [0.15, 0.2) is 0 Å². The van der Waals surface area contributed by atoms with Gasteiger partial charge in [-0.1, -0.05) is 6.08 Å². The van der Waals surface area contributed by atoms with E-state index in [4.69, 9.17) is 15.2 Å². The molecule has 0 atom stereocenters. The lowest BCUT2D eigenvalue weighted by atomic mass is 10.1. The number of hydrogen-bond acceptors (Lipinski definition) is 6. The van der Waals surface area contributed by atoms with Crippen molar-refractivity contribution in [3.05, 3.63) is 29.6 Å². The average Bonchev–Trinajstić information content (AvgIpc) is 2.95. The molecule has 0 spiro atoms. The number of esters is 1. The number of methoxy groups -OCH3 is 1. The molecule has 124 valence electrons. The predicted molar refractivity (Wildman–Crippen MR) is 85.8 cm³/mol. The van der Waals surface area contributed by atoms with Crippen molar-refractivity contribution in [2.24, 2.45) is 0 Å². The summed E-state index contributed by atoms with van der Waals surface area (Å²) in [6.45, 7) is 6.26. The molecule has 1 aromatic heterocycles. The van der Waals surface area contributed by atoms with Crippen LogP contribution in [0.2, 0.25) is 0 Å². The number of nitrogens with two attached hydrogens (primary N) is 1. The Hall–Kier alpha value is -2.57. The molecule has 2 heterocycles. The van der Waals surface area contributed by atoms with Crippen LogP contribution in [0.1, 0.15) is 36.8 Å². The van der Waals surface area contributed by atoms with E-state index in [1.54, 1.807) is 11.0 Å². The van der Waals surface area contributed by atoms with Gasteiger partial charge in [-0.3, -0.25) is 4.98 Å². The molecule has 2 N–H and O–H groups in total. The standard InChI is InChI=1S/C16H21N3O4/c1-16(2,3)23-15(21)19-6-5-10(9-19)13-7-11(14(20)22-4)12(17)8-18-13/h5,7-8H,6,9,17H2,1-4H3. The summed E-state index contributed by atoms with van der Waals surface area (Å²) in [6.07, 6.45) is 2.91. The average molecular weight is 319 g/mol. The van der Waals surface area contributed by atoms with Crippen molar-refractivity contribution in [1.29, 1.82) is 0 Å². The molecule has 0 unspecified atom stereocenters. The van der Waals surface area contributed by atoms with E-state index in [2.05, 4.69) is 4.98 Å². The summed E-state index contributed by atoms with van der Waals surface area (Å²) in [6, 6.07) is 1.57. The molecular weight excluding hydrogens is 298 g/mol. The van der Waals surface area contributed by atoms with Crippen LogP contribution in [0, 0.1) is 0 Å². The molecule has 7 heteroatoms. The molecule has 0 saturated carbocycles. The van der Waals surface area contributed by atoms with Gasteiger partial charge in [0.2, 0.25) is 0 Å².